The van der Waals surface area contributed by atoms with Gasteiger partial charge in [0.15, 0.2) is 12.1 Å². The molecule has 1 fully saturated rings. The van der Waals surface area contributed by atoms with Crippen LogP contribution in [0.5, 0.6) is 0 Å². The number of aldehydes is 1. The van der Waals surface area contributed by atoms with E-state index in [4.69, 9.17) is 16.3 Å². The van der Waals surface area contributed by atoms with E-state index in [1.54, 1.807) is 17.0 Å². The molecular formula is C25H29ClF2N6O3. The Kier molecular flexibility index (Phi) is 7.54. The number of alkyl halides is 2. The van der Waals surface area contributed by atoms with Crippen molar-refractivity contribution < 1.29 is 23.1 Å². The van der Waals surface area contributed by atoms with Gasteiger partial charge < -0.3 is 25.2 Å². The molecule has 2 aromatic rings. The van der Waals surface area contributed by atoms with Gasteiger partial charge in [-0.25, -0.2) is 18.6 Å². The first kappa shape index (κ1) is 26.6. The maximum Gasteiger partial charge on any atom is 0.343 e. The Labute approximate surface area is 218 Å². The maximum atomic E-state index is 14.3. The fraction of sp³-hybridized carbons (Fsp3) is 0.440. The number of carbonyl (C=O) groups is 2. The van der Waals surface area contributed by atoms with Crippen LogP contribution < -0.4 is 20.4 Å². The van der Waals surface area contributed by atoms with Crippen LogP contribution in [0.15, 0.2) is 30.0 Å². The van der Waals surface area contributed by atoms with Gasteiger partial charge in [-0.15, -0.1) is 0 Å². The van der Waals surface area contributed by atoms with E-state index < -0.39 is 23.7 Å². The number of aromatic nitrogens is 2. The number of carbonyl (C=O) groups excluding carboxylic acids is 2. The predicted octanol–water partition coefficient (Wildman–Crippen LogP) is 3.72. The lowest BCUT2D eigenvalue weighted by Crippen LogP contribution is -2.52. The molecule has 0 saturated carbocycles. The largest absolute Gasteiger partial charge is 0.460 e. The molecule has 4 rings (SSSR count). The number of nitrogens with zero attached hydrogens (tertiary/aromatic N) is 4. The van der Waals surface area contributed by atoms with Gasteiger partial charge in [0.2, 0.25) is 5.95 Å². The van der Waals surface area contributed by atoms with Crippen LogP contribution >= 0.6 is 11.6 Å². The minimum atomic E-state index is -2.76. The Hall–Kier alpha value is -3.47. The normalized spacial score (nSPS) is 21.6. The molecule has 0 radical (unpaired) electrons. The first-order valence-electron chi connectivity index (χ1n) is 11.9. The van der Waals surface area contributed by atoms with E-state index in [0.717, 1.165) is 5.69 Å². The summed E-state index contributed by atoms with van der Waals surface area (Å²) in [7, 11) is 3.69. The van der Waals surface area contributed by atoms with Gasteiger partial charge in [-0.3, -0.25) is 4.79 Å². The highest BCUT2D eigenvalue weighted by Crippen LogP contribution is 2.39. The molecule has 12 heteroatoms. The molecule has 0 bridgehead atoms. The molecule has 0 amide bonds. The van der Waals surface area contributed by atoms with E-state index in [1.165, 1.54) is 20.0 Å². The summed E-state index contributed by atoms with van der Waals surface area (Å²) in [5.41, 5.74) is 2.19. The Morgan fingerprint density at radius 2 is 1.97 bits per heavy atom. The van der Waals surface area contributed by atoms with Crippen LogP contribution in [0.4, 0.5) is 31.9 Å². The van der Waals surface area contributed by atoms with Crippen molar-refractivity contribution in [3.8, 4) is 0 Å². The lowest BCUT2D eigenvalue weighted by atomic mass is 9.87. The second kappa shape index (κ2) is 10.5. The smallest absolute Gasteiger partial charge is 0.343 e. The third kappa shape index (κ3) is 5.31. The van der Waals surface area contributed by atoms with Crippen molar-refractivity contribution in [2.24, 2.45) is 11.8 Å². The fourth-order valence-corrected chi connectivity index (χ4v) is 4.65. The standard InChI is InChI=1S/C25H29ClF2N6O3/c1-14-11-34(12-15(2)25(14,27)28)24-30-10-19(26)22(32-24)31-16-5-6-20(33(3)4)17(9-16)21-18(13-35)23(36)37-8-7-29-21/h5-6,9-10,13-15,29H,7-8,11-12H2,1-4H3,(H,30,31,32). The first-order chi connectivity index (χ1) is 17.5. The lowest BCUT2D eigenvalue weighted by molar-refractivity contribution is -0.139. The number of hydrogen-bond donors (Lipinski definition) is 2. The van der Waals surface area contributed by atoms with Gasteiger partial charge in [-0.05, 0) is 18.2 Å². The van der Waals surface area contributed by atoms with Gasteiger partial charge in [0.1, 0.15) is 17.2 Å². The monoisotopic (exact) mass is 534 g/mol. The number of hydrogen-bond acceptors (Lipinski definition) is 9. The fourth-order valence-electron chi connectivity index (χ4n) is 4.51. The molecule has 9 nitrogen and oxygen atoms in total. The van der Waals surface area contributed by atoms with Crippen molar-refractivity contribution in [1.82, 2.24) is 15.3 Å². The topological polar surface area (TPSA) is 99.7 Å². The van der Waals surface area contributed by atoms with Crippen LogP contribution in [0.25, 0.3) is 5.70 Å². The van der Waals surface area contributed by atoms with Gasteiger partial charge in [0.05, 0.1) is 11.9 Å². The summed E-state index contributed by atoms with van der Waals surface area (Å²) in [5, 5.41) is 6.53. The summed E-state index contributed by atoms with van der Waals surface area (Å²) < 4.78 is 33.8. The number of piperidine rings is 1. The zero-order valence-electron chi connectivity index (χ0n) is 21.0. The van der Waals surface area contributed by atoms with Gasteiger partial charge in [0, 0.05) is 62.5 Å². The summed E-state index contributed by atoms with van der Waals surface area (Å²) in [6.07, 6.45) is 1.91. The summed E-state index contributed by atoms with van der Waals surface area (Å²) in [6.45, 7) is 3.75. The Morgan fingerprint density at radius 1 is 1.27 bits per heavy atom. The lowest BCUT2D eigenvalue weighted by Gasteiger charge is -2.41. The van der Waals surface area contributed by atoms with Crippen molar-refractivity contribution in [2.45, 2.75) is 19.8 Å². The van der Waals surface area contributed by atoms with Crippen LogP contribution in [-0.4, -0.2) is 68.5 Å². The van der Waals surface area contributed by atoms with E-state index in [1.807, 2.05) is 25.1 Å². The number of ether oxygens (including phenoxy) is 1. The Morgan fingerprint density at radius 3 is 2.62 bits per heavy atom. The highest BCUT2D eigenvalue weighted by Gasteiger charge is 2.47. The first-order valence-corrected chi connectivity index (χ1v) is 12.2. The van der Waals surface area contributed by atoms with Crippen LogP contribution in [0, 0.1) is 11.8 Å². The van der Waals surface area contributed by atoms with Gasteiger partial charge in [-0.1, -0.05) is 25.4 Å². The van der Waals surface area contributed by atoms with Crippen LogP contribution in [-0.2, 0) is 14.3 Å². The number of anilines is 4. The summed E-state index contributed by atoms with van der Waals surface area (Å²) >= 11 is 6.38. The number of nitrogens with one attached hydrogen (secondary N) is 2. The number of esters is 1. The third-order valence-corrected chi connectivity index (χ3v) is 6.85. The third-order valence-electron chi connectivity index (χ3n) is 6.57. The molecule has 2 aliphatic heterocycles. The molecule has 2 aliphatic rings. The summed E-state index contributed by atoms with van der Waals surface area (Å²) in [4.78, 5) is 36.5. The van der Waals surface area contributed by atoms with Crippen molar-refractivity contribution >= 4 is 52.7 Å². The van der Waals surface area contributed by atoms with Crippen molar-refractivity contribution in [2.75, 3.05) is 55.5 Å². The quantitative estimate of drug-likeness (QED) is 0.326. The van der Waals surface area contributed by atoms with E-state index in [2.05, 4.69) is 20.6 Å². The highest BCUT2D eigenvalue weighted by molar-refractivity contribution is 6.33. The molecule has 1 aromatic carbocycles. The molecule has 2 atom stereocenters. The van der Waals surface area contributed by atoms with Crippen molar-refractivity contribution in [1.29, 1.82) is 0 Å². The van der Waals surface area contributed by atoms with Gasteiger partial charge >= 0.3 is 5.97 Å². The molecule has 37 heavy (non-hydrogen) atoms. The second-order valence-electron chi connectivity index (χ2n) is 9.47. The van der Waals surface area contributed by atoms with Crippen LogP contribution in [0.2, 0.25) is 5.02 Å². The molecule has 1 aromatic heterocycles. The number of halogens is 3. The maximum absolute atomic E-state index is 14.3. The van der Waals surface area contributed by atoms with Crippen molar-refractivity contribution in [3.05, 3.63) is 40.6 Å². The summed E-state index contributed by atoms with van der Waals surface area (Å²) in [6, 6.07) is 5.40. The zero-order valence-corrected chi connectivity index (χ0v) is 21.8. The average molecular weight is 535 g/mol. The number of rotatable bonds is 6. The minimum absolute atomic E-state index is 0.106. The molecule has 1 saturated heterocycles. The molecule has 2 unspecified atom stereocenters. The minimum Gasteiger partial charge on any atom is -0.460 e. The predicted molar refractivity (Wildman–Crippen MR) is 139 cm³/mol. The molecule has 198 valence electrons. The molecule has 2 N–H and O–H groups in total. The van der Waals surface area contributed by atoms with E-state index in [-0.39, 0.29) is 30.3 Å². The van der Waals surface area contributed by atoms with Crippen LogP contribution in [0.1, 0.15) is 19.4 Å². The van der Waals surface area contributed by atoms with Gasteiger partial charge in [-0.2, -0.15) is 4.98 Å². The zero-order chi connectivity index (χ0) is 26.9. The van der Waals surface area contributed by atoms with Crippen molar-refractivity contribution in [3.63, 3.8) is 0 Å². The van der Waals surface area contributed by atoms with E-state index in [9.17, 15) is 18.4 Å². The van der Waals surface area contributed by atoms with E-state index >= 15 is 0 Å². The van der Waals surface area contributed by atoms with E-state index in [0.29, 0.717) is 41.5 Å². The van der Waals surface area contributed by atoms with Crippen LogP contribution in [0.3, 0.4) is 0 Å². The highest BCUT2D eigenvalue weighted by atomic mass is 35.5. The Bertz CT molecular complexity index is 1220. The molecule has 0 spiro atoms. The average Bonchev–Trinajstić information content (AvgIpc) is 3.04. The molecule has 3 heterocycles. The second-order valence-corrected chi connectivity index (χ2v) is 9.88. The number of benzene rings is 1. The molecular weight excluding hydrogens is 506 g/mol. The molecule has 0 aliphatic carbocycles. The SMILES string of the molecule is CC1CN(c2ncc(Cl)c(Nc3ccc(N(C)C)c(C4=C(C=O)C(=O)OCCN4)c3)n2)CC(C)C1(F)F. The number of cyclic esters (lactones) is 1. The summed E-state index contributed by atoms with van der Waals surface area (Å²) in [5.74, 6) is -4.57. The van der Waals surface area contributed by atoms with Gasteiger partial charge in [0.25, 0.3) is 5.92 Å². The Balaban J connectivity index is 1.69.